The molecule has 5 heteroatoms. The Morgan fingerprint density at radius 2 is 1.86 bits per heavy atom. The highest BCUT2D eigenvalue weighted by atomic mass is 35.5. The highest BCUT2D eigenvalue weighted by molar-refractivity contribution is 6.31. The average molecular weight is 320 g/mol. The lowest BCUT2D eigenvalue weighted by Gasteiger charge is -2.19. The van der Waals surface area contributed by atoms with E-state index in [4.69, 9.17) is 22.1 Å². The summed E-state index contributed by atoms with van der Waals surface area (Å²) in [7, 11) is 0. The van der Waals surface area contributed by atoms with Crippen molar-refractivity contribution in [2.24, 2.45) is 0 Å². The summed E-state index contributed by atoms with van der Waals surface area (Å²) in [4.78, 5) is 12.0. The monoisotopic (exact) mass is 319 g/mol. The Balaban J connectivity index is 2.36. The van der Waals surface area contributed by atoms with Crippen LogP contribution in [0.1, 0.15) is 31.1 Å². The van der Waals surface area contributed by atoms with Gasteiger partial charge >= 0.3 is 5.97 Å². The SMILES string of the molecule is CC(C)(C)OC(=O)c1ccc(-c2cc(O)cc(Cl)c2)c(N)c1. The number of anilines is 1. The second-order valence-electron chi connectivity index (χ2n) is 6.00. The zero-order chi connectivity index (χ0) is 16.5. The summed E-state index contributed by atoms with van der Waals surface area (Å²) in [6.45, 7) is 5.41. The zero-order valence-electron chi connectivity index (χ0n) is 12.7. The topological polar surface area (TPSA) is 72.5 Å². The van der Waals surface area contributed by atoms with E-state index in [2.05, 4.69) is 0 Å². The third-order valence-corrected chi connectivity index (χ3v) is 3.10. The summed E-state index contributed by atoms with van der Waals surface area (Å²) in [5.41, 5.74) is 7.61. The number of halogens is 1. The predicted octanol–water partition coefficient (Wildman–Crippen LogP) is 4.25. The molecule has 2 aromatic carbocycles. The van der Waals surface area contributed by atoms with Crippen molar-refractivity contribution in [2.45, 2.75) is 26.4 Å². The first-order valence-corrected chi connectivity index (χ1v) is 7.16. The number of nitrogens with two attached hydrogens (primary N) is 1. The molecule has 0 radical (unpaired) electrons. The van der Waals surface area contributed by atoms with E-state index in [-0.39, 0.29) is 5.75 Å². The number of phenols is 1. The molecule has 0 fully saturated rings. The molecule has 0 saturated carbocycles. The number of ether oxygens (including phenoxy) is 1. The number of carbonyl (C=O) groups is 1. The molecule has 3 N–H and O–H groups in total. The van der Waals surface area contributed by atoms with E-state index in [0.29, 0.717) is 27.4 Å². The summed E-state index contributed by atoms with van der Waals surface area (Å²) in [5, 5.41) is 10.0. The van der Waals surface area contributed by atoms with E-state index in [1.54, 1.807) is 51.1 Å². The van der Waals surface area contributed by atoms with Crippen LogP contribution in [-0.2, 0) is 4.74 Å². The summed E-state index contributed by atoms with van der Waals surface area (Å²) < 4.78 is 5.31. The van der Waals surface area contributed by atoms with Crippen molar-refractivity contribution in [3.8, 4) is 16.9 Å². The number of nitrogen functional groups attached to an aromatic ring is 1. The minimum atomic E-state index is -0.566. The molecule has 0 spiro atoms. The Hall–Kier alpha value is -2.20. The third-order valence-electron chi connectivity index (χ3n) is 2.88. The normalized spacial score (nSPS) is 11.3. The Morgan fingerprint density at radius 3 is 2.41 bits per heavy atom. The fourth-order valence-corrected chi connectivity index (χ4v) is 2.25. The summed E-state index contributed by atoms with van der Waals surface area (Å²) >= 11 is 5.93. The van der Waals surface area contributed by atoms with E-state index in [1.807, 2.05) is 0 Å². The number of aromatic hydroxyl groups is 1. The predicted molar refractivity (Wildman–Crippen MR) is 88.1 cm³/mol. The summed E-state index contributed by atoms with van der Waals surface area (Å²) in [6.07, 6.45) is 0. The van der Waals surface area contributed by atoms with Gasteiger partial charge in [0, 0.05) is 16.3 Å². The molecule has 0 aromatic heterocycles. The molecule has 116 valence electrons. The quantitative estimate of drug-likeness (QED) is 0.641. The molecular formula is C17H18ClNO3. The standard InChI is InChI=1S/C17H18ClNO3/c1-17(2,3)22-16(21)10-4-5-14(15(19)8-10)11-6-12(18)9-13(20)7-11/h4-9,20H,19H2,1-3H3. The van der Waals surface area contributed by atoms with Gasteiger partial charge in [-0.2, -0.15) is 0 Å². The second kappa shape index (κ2) is 5.89. The van der Waals surface area contributed by atoms with Gasteiger partial charge < -0.3 is 15.6 Å². The molecule has 4 nitrogen and oxygen atoms in total. The molecule has 2 rings (SSSR count). The van der Waals surface area contributed by atoms with Crippen LogP contribution in [0.4, 0.5) is 5.69 Å². The third kappa shape index (κ3) is 3.92. The van der Waals surface area contributed by atoms with Crippen LogP contribution in [0.5, 0.6) is 5.75 Å². The van der Waals surface area contributed by atoms with Crippen molar-refractivity contribution in [3.63, 3.8) is 0 Å². The minimum absolute atomic E-state index is 0.0538. The number of benzene rings is 2. The van der Waals surface area contributed by atoms with Crippen LogP contribution < -0.4 is 5.73 Å². The van der Waals surface area contributed by atoms with Gasteiger partial charge in [0.2, 0.25) is 0 Å². The summed E-state index contributed by atoms with van der Waals surface area (Å²) in [5.74, 6) is -0.377. The molecule has 0 aliphatic heterocycles. The van der Waals surface area contributed by atoms with Crippen molar-refractivity contribution in [1.29, 1.82) is 0 Å². The fraction of sp³-hybridized carbons (Fsp3) is 0.235. The van der Waals surface area contributed by atoms with Gasteiger partial charge in [-0.1, -0.05) is 17.7 Å². The number of carbonyl (C=O) groups excluding carboxylic acids is 1. The van der Waals surface area contributed by atoms with Gasteiger partial charge in [-0.25, -0.2) is 4.79 Å². The average Bonchev–Trinajstić information content (AvgIpc) is 2.35. The molecule has 0 aliphatic rings. The van der Waals surface area contributed by atoms with Crippen LogP contribution in [0.15, 0.2) is 36.4 Å². The Labute approximate surface area is 134 Å². The van der Waals surface area contributed by atoms with Gasteiger partial charge in [0.25, 0.3) is 0 Å². The first-order chi connectivity index (χ1) is 10.2. The number of hydrogen-bond donors (Lipinski definition) is 2. The highest BCUT2D eigenvalue weighted by Crippen LogP contribution is 2.32. The van der Waals surface area contributed by atoms with Crippen LogP contribution in [0.3, 0.4) is 0 Å². The molecular weight excluding hydrogens is 302 g/mol. The van der Waals surface area contributed by atoms with E-state index in [1.165, 1.54) is 6.07 Å². The van der Waals surface area contributed by atoms with Crippen molar-refractivity contribution >= 4 is 23.3 Å². The van der Waals surface area contributed by atoms with Crippen molar-refractivity contribution in [2.75, 3.05) is 5.73 Å². The van der Waals surface area contributed by atoms with E-state index in [9.17, 15) is 9.90 Å². The first kappa shape index (κ1) is 16.2. The zero-order valence-corrected chi connectivity index (χ0v) is 13.4. The van der Waals surface area contributed by atoms with Gasteiger partial charge in [0.15, 0.2) is 0 Å². The largest absolute Gasteiger partial charge is 0.508 e. The molecule has 22 heavy (non-hydrogen) atoms. The van der Waals surface area contributed by atoms with Crippen LogP contribution in [-0.4, -0.2) is 16.7 Å². The van der Waals surface area contributed by atoms with Gasteiger partial charge in [0.05, 0.1) is 5.56 Å². The van der Waals surface area contributed by atoms with Gasteiger partial charge in [-0.3, -0.25) is 0 Å². The summed E-state index contributed by atoms with van der Waals surface area (Å²) in [6, 6.07) is 9.60. The highest BCUT2D eigenvalue weighted by Gasteiger charge is 2.18. The van der Waals surface area contributed by atoms with E-state index in [0.717, 1.165) is 0 Å². The number of rotatable bonds is 2. The number of hydrogen-bond acceptors (Lipinski definition) is 4. The van der Waals surface area contributed by atoms with Crippen LogP contribution in [0, 0.1) is 0 Å². The number of phenolic OH excluding ortho intramolecular Hbond substituents is 1. The maximum atomic E-state index is 12.0. The van der Waals surface area contributed by atoms with Gasteiger partial charge in [-0.15, -0.1) is 0 Å². The molecule has 0 heterocycles. The maximum Gasteiger partial charge on any atom is 0.338 e. The Kier molecular flexibility index (Phi) is 4.33. The Morgan fingerprint density at radius 1 is 1.18 bits per heavy atom. The van der Waals surface area contributed by atoms with E-state index >= 15 is 0 Å². The first-order valence-electron chi connectivity index (χ1n) is 6.78. The molecule has 0 unspecified atom stereocenters. The lowest BCUT2D eigenvalue weighted by atomic mass is 10.0. The lowest BCUT2D eigenvalue weighted by molar-refractivity contribution is 0.00696. The molecule has 0 amide bonds. The van der Waals surface area contributed by atoms with Crippen molar-refractivity contribution < 1.29 is 14.6 Å². The second-order valence-corrected chi connectivity index (χ2v) is 6.44. The molecule has 0 saturated heterocycles. The molecule has 0 atom stereocenters. The lowest BCUT2D eigenvalue weighted by Crippen LogP contribution is -2.23. The van der Waals surface area contributed by atoms with Crippen LogP contribution in [0.2, 0.25) is 5.02 Å². The van der Waals surface area contributed by atoms with Crippen LogP contribution >= 0.6 is 11.6 Å². The van der Waals surface area contributed by atoms with Crippen molar-refractivity contribution in [1.82, 2.24) is 0 Å². The van der Waals surface area contributed by atoms with E-state index < -0.39 is 11.6 Å². The molecule has 0 bridgehead atoms. The van der Waals surface area contributed by atoms with Gasteiger partial charge in [0.1, 0.15) is 11.4 Å². The van der Waals surface area contributed by atoms with Crippen molar-refractivity contribution in [3.05, 3.63) is 47.0 Å². The molecule has 2 aromatic rings. The maximum absolute atomic E-state index is 12.0. The minimum Gasteiger partial charge on any atom is -0.508 e. The fourth-order valence-electron chi connectivity index (χ4n) is 2.02. The van der Waals surface area contributed by atoms with Crippen LogP contribution in [0.25, 0.3) is 11.1 Å². The number of esters is 1. The smallest absolute Gasteiger partial charge is 0.338 e. The van der Waals surface area contributed by atoms with Gasteiger partial charge in [-0.05, 0) is 56.7 Å². The Bertz CT molecular complexity index is 700. The molecule has 0 aliphatic carbocycles.